The normalized spacial score (nSPS) is 15.0. The Kier molecular flexibility index (Phi) is 3.57. The first kappa shape index (κ1) is 14.3. The third-order valence-electron chi connectivity index (χ3n) is 3.39. The Bertz CT molecular complexity index is 682. The Morgan fingerprint density at radius 2 is 1.81 bits per heavy atom. The van der Waals surface area contributed by atoms with Gasteiger partial charge < -0.3 is 14.8 Å². The average Bonchev–Trinajstić information content (AvgIpc) is 2.73. The Morgan fingerprint density at radius 1 is 1.05 bits per heavy atom. The van der Waals surface area contributed by atoms with Gasteiger partial charge in [-0.15, -0.1) is 0 Å². The third-order valence-corrected chi connectivity index (χ3v) is 4.24. The number of aryl methyl sites for hydroxylation is 1. The molecule has 0 radical (unpaired) electrons. The van der Waals surface area contributed by atoms with E-state index in [9.17, 15) is 0 Å². The average molecular weight is 348 g/mol. The maximum absolute atomic E-state index is 5.75. The molecule has 0 saturated heterocycles. The van der Waals surface area contributed by atoms with Gasteiger partial charge in [0.15, 0.2) is 11.5 Å². The highest BCUT2D eigenvalue weighted by molar-refractivity contribution is 9.10. The first-order valence-electron chi connectivity index (χ1n) is 6.94. The summed E-state index contributed by atoms with van der Waals surface area (Å²) >= 11 is 3.56. The second kappa shape index (κ2) is 5.26. The fourth-order valence-corrected chi connectivity index (χ4v) is 2.71. The van der Waals surface area contributed by atoms with E-state index in [4.69, 9.17) is 9.47 Å². The molecule has 0 unspecified atom stereocenters. The molecule has 0 aliphatic carbocycles. The van der Waals surface area contributed by atoms with Gasteiger partial charge in [-0.3, -0.25) is 0 Å². The summed E-state index contributed by atoms with van der Waals surface area (Å²) in [6.45, 7) is 6.66. The van der Waals surface area contributed by atoms with Crippen molar-refractivity contribution in [2.75, 3.05) is 5.32 Å². The van der Waals surface area contributed by atoms with E-state index in [2.05, 4.69) is 46.4 Å². The number of ether oxygens (including phenoxy) is 2. The number of hydrogen-bond acceptors (Lipinski definition) is 3. The molecule has 1 heterocycles. The van der Waals surface area contributed by atoms with Crippen LogP contribution in [0.1, 0.15) is 25.0 Å². The van der Waals surface area contributed by atoms with E-state index in [1.165, 1.54) is 11.1 Å². The van der Waals surface area contributed by atoms with Gasteiger partial charge in [0.25, 0.3) is 0 Å². The van der Waals surface area contributed by atoms with E-state index in [0.29, 0.717) is 0 Å². The maximum atomic E-state index is 5.75. The van der Waals surface area contributed by atoms with Gasteiger partial charge in [0.1, 0.15) is 0 Å². The van der Waals surface area contributed by atoms with Crippen LogP contribution in [0.15, 0.2) is 40.9 Å². The Labute approximate surface area is 133 Å². The first-order valence-corrected chi connectivity index (χ1v) is 7.73. The fraction of sp³-hybridized carbons (Fsp3) is 0.294. The monoisotopic (exact) mass is 347 g/mol. The van der Waals surface area contributed by atoms with E-state index < -0.39 is 5.79 Å². The predicted molar refractivity (Wildman–Crippen MR) is 88.0 cm³/mol. The molecule has 3 rings (SSSR count). The topological polar surface area (TPSA) is 30.5 Å². The fourth-order valence-electron chi connectivity index (χ4n) is 2.28. The zero-order chi connectivity index (χ0) is 15.0. The molecule has 0 aromatic heterocycles. The SMILES string of the molecule is Cc1ccc(CNc2ccc3c(c2)OC(C)(C)O3)cc1Br. The van der Waals surface area contributed by atoms with Crippen LogP contribution in [0.5, 0.6) is 11.5 Å². The van der Waals surface area contributed by atoms with Crippen molar-refractivity contribution in [3.63, 3.8) is 0 Å². The van der Waals surface area contributed by atoms with Crippen molar-refractivity contribution in [3.05, 3.63) is 52.0 Å². The number of halogens is 1. The van der Waals surface area contributed by atoms with Gasteiger partial charge in [-0.2, -0.15) is 0 Å². The highest BCUT2D eigenvalue weighted by Crippen LogP contribution is 2.40. The molecule has 21 heavy (non-hydrogen) atoms. The molecule has 1 aliphatic heterocycles. The zero-order valence-electron chi connectivity index (χ0n) is 12.4. The van der Waals surface area contributed by atoms with Gasteiger partial charge in [-0.25, -0.2) is 0 Å². The van der Waals surface area contributed by atoms with Crippen LogP contribution < -0.4 is 14.8 Å². The van der Waals surface area contributed by atoms with Crippen molar-refractivity contribution in [3.8, 4) is 11.5 Å². The second-order valence-corrected chi connectivity index (χ2v) is 6.56. The molecule has 2 aromatic carbocycles. The molecule has 0 fully saturated rings. The van der Waals surface area contributed by atoms with E-state index in [1.54, 1.807) is 0 Å². The summed E-state index contributed by atoms with van der Waals surface area (Å²) in [6.07, 6.45) is 0. The largest absolute Gasteiger partial charge is 0.449 e. The van der Waals surface area contributed by atoms with Crippen molar-refractivity contribution >= 4 is 21.6 Å². The molecule has 0 saturated carbocycles. The minimum atomic E-state index is -0.581. The predicted octanol–water partition coefficient (Wildman–Crippen LogP) is 4.88. The Hall–Kier alpha value is -1.68. The summed E-state index contributed by atoms with van der Waals surface area (Å²) in [4.78, 5) is 0. The van der Waals surface area contributed by atoms with Crippen molar-refractivity contribution in [1.82, 2.24) is 0 Å². The van der Waals surface area contributed by atoms with Crippen molar-refractivity contribution in [2.45, 2.75) is 33.1 Å². The number of nitrogens with one attached hydrogen (secondary N) is 1. The lowest BCUT2D eigenvalue weighted by molar-refractivity contribution is -0.0431. The summed E-state index contributed by atoms with van der Waals surface area (Å²) in [7, 11) is 0. The summed E-state index contributed by atoms with van der Waals surface area (Å²) in [5.41, 5.74) is 3.49. The number of benzene rings is 2. The molecule has 3 nitrogen and oxygen atoms in total. The maximum Gasteiger partial charge on any atom is 0.246 e. The van der Waals surface area contributed by atoms with Gasteiger partial charge in [0.05, 0.1) is 0 Å². The Morgan fingerprint density at radius 3 is 2.57 bits per heavy atom. The van der Waals surface area contributed by atoms with Crippen LogP contribution in [0, 0.1) is 6.92 Å². The van der Waals surface area contributed by atoms with Gasteiger partial charge in [0.2, 0.25) is 5.79 Å². The number of anilines is 1. The minimum absolute atomic E-state index is 0.581. The number of rotatable bonds is 3. The van der Waals surface area contributed by atoms with E-state index in [0.717, 1.165) is 28.2 Å². The van der Waals surface area contributed by atoms with Crippen molar-refractivity contribution < 1.29 is 9.47 Å². The summed E-state index contributed by atoms with van der Waals surface area (Å²) < 4.78 is 12.6. The number of fused-ring (bicyclic) bond motifs is 1. The van der Waals surface area contributed by atoms with E-state index in [-0.39, 0.29) is 0 Å². The molecule has 2 aromatic rings. The summed E-state index contributed by atoms with van der Waals surface area (Å²) in [5, 5.41) is 3.41. The van der Waals surface area contributed by atoms with Crippen molar-refractivity contribution in [1.29, 1.82) is 0 Å². The minimum Gasteiger partial charge on any atom is -0.449 e. The lowest BCUT2D eigenvalue weighted by Gasteiger charge is -2.16. The smallest absolute Gasteiger partial charge is 0.246 e. The molecule has 4 heteroatoms. The molecule has 0 bridgehead atoms. The zero-order valence-corrected chi connectivity index (χ0v) is 14.0. The molecule has 110 valence electrons. The van der Waals surface area contributed by atoms with Crippen LogP contribution in [0.3, 0.4) is 0 Å². The molecule has 1 aliphatic rings. The van der Waals surface area contributed by atoms with Crippen LogP contribution in [0.4, 0.5) is 5.69 Å². The van der Waals surface area contributed by atoms with E-state index in [1.807, 2.05) is 32.0 Å². The summed E-state index contributed by atoms with van der Waals surface area (Å²) in [5.74, 6) is 1.00. The van der Waals surface area contributed by atoms with E-state index >= 15 is 0 Å². The van der Waals surface area contributed by atoms with Gasteiger partial charge in [-0.05, 0) is 36.2 Å². The van der Waals surface area contributed by atoms with Gasteiger partial charge in [-0.1, -0.05) is 28.1 Å². The lowest BCUT2D eigenvalue weighted by atomic mass is 10.1. The number of hydrogen-bond donors (Lipinski definition) is 1. The third kappa shape index (κ3) is 3.16. The highest BCUT2D eigenvalue weighted by Gasteiger charge is 2.31. The van der Waals surface area contributed by atoms with Crippen LogP contribution >= 0.6 is 15.9 Å². The molecule has 0 spiro atoms. The molecular weight excluding hydrogens is 330 g/mol. The van der Waals surface area contributed by atoms with Crippen LogP contribution in [0.2, 0.25) is 0 Å². The highest BCUT2D eigenvalue weighted by atomic mass is 79.9. The van der Waals surface area contributed by atoms with Crippen LogP contribution in [-0.2, 0) is 6.54 Å². The van der Waals surface area contributed by atoms with Crippen molar-refractivity contribution in [2.24, 2.45) is 0 Å². The van der Waals surface area contributed by atoms with Crippen LogP contribution in [0.25, 0.3) is 0 Å². The molecule has 1 N–H and O–H groups in total. The quantitative estimate of drug-likeness (QED) is 0.858. The van der Waals surface area contributed by atoms with Crippen LogP contribution in [-0.4, -0.2) is 5.79 Å². The molecular formula is C17H18BrNO2. The molecule has 0 atom stereocenters. The Balaban J connectivity index is 1.71. The summed E-state index contributed by atoms with van der Waals surface area (Å²) in [6, 6.07) is 12.3. The lowest BCUT2D eigenvalue weighted by Crippen LogP contribution is -2.29. The molecule has 0 amide bonds. The second-order valence-electron chi connectivity index (χ2n) is 5.70. The first-order chi connectivity index (χ1) is 9.93. The van der Waals surface area contributed by atoms with Gasteiger partial charge >= 0.3 is 0 Å². The van der Waals surface area contributed by atoms with Gasteiger partial charge in [0, 0.05) is 36.6 Å². The standard InChI is InChI=1S/C17H18BrNO2/c1-11-4-5-12(8-14(11)18)10-19-13-6-7-15-16(9-13)21-17(2,3)20-15/h4-9,19H,10H2,1-3H3.